The van der Waals surface area contributed by atoms with E-state index in [1.807, 2.05) is 30.5 Å². The smallest absolute Gasteiger partial charge is 0.240 e. The van der Waals surface area contributed by atoms with Crippen LogP contribution in [0.1, 0.15) is 5.56 Å². The SMILES string of the molecule is O=S(=O)(NCCc1c[nH]c2ccccc12)c1ccc2c(c1)OCCO2. The second kappa shape index (κ2) is 6.42. The Morgan fingerprint density at radius 1 is 1.04 bits per heavy atom. The Hall–Kier alpha value is -2.51. The van der Waals surface area contributed by atoms with Crippen LogP contribution >= 0.6 is 0 Å². The minimum absolute atomic E-state index is 0.177. The van der Waals surface area contributed by atoms with Gasteiger partial charge in [0.15, 0.2) is 11.5 Å². The van der Waals surface area contributed by atoms with Crippen molar-refractivity contribution in [3.8, 4) is 11.5 Å². The maximum absolute atomic E-state index is 12.5. The molecular weight excluding hydrogens is 340 g/mol. The standard InChI is InChI=1S/C18H18N2O4S/c21-25(22,14-5-6-17-18(11-14)24-10-9-23-17)20-8-7-13-12-19-16-4-2-1-3-15(13)16/h1-6,11-12,19-20H,7-10H2. The largest absolute Gasteiger partial charge is 0.486 e. The molecule has 0 atom stereocenters. The molecule has 4 rings (SSSR count). The van der Waals surface area contributed by atoms with Gasteiger partial charge in [-0.25, -0.2) is 13.1 Å². The summed E-state index contributed by atoms with van der Waals surface area (Å²) in [4.78, 5) is 3.37. The van der Waals surface area contributed by atoms with Crippen LogP contribution in [0, 0.1) is 0 Å². The summed E-state index contributed by atoms with van der Waals surface area (Å²) in [5.74, 6) is 1.04. The minimum Gasteiger partial charge on any atom is -0.486 e. The molecule has 7 heteroatoms. The minimum atomic E-state index is -3.60. The van der Waals surface area contributed by atoms with Crippen molar-refractivity contribution in [2.24, 2.45) is 0 Å². The average molecular weight is 358 g/mol. The third-order valence-corrected chi connectivity index (χ3v) is 5.64. The number of sulfonamides is 1. The lowest BCUT2D eigenvalue weighted by atomic mass is 10.1. The third-order valence-electron chi connectivity index (χ3n) is 4.19. The van der Waals surface area contributed by atoms with Crippen LogP contribution in [-0.4, -0.2) is 33.2 Å². The van der Waals surface area contributed by atoms with E-state index in [0.29, 0.717) is 37.7 Å². The molecule has 0 fully saturated rings. The molecule has 2 heterocycles. The van der Waals surface area contributed by atoms with Gasteiger partial charge in [-0.05, 0) is 30.2 Å². The lowest BCUT2D eigenvalue weighted by Crippen LogP contribution is -2.26. The van der Waals surface area contributed by atoms with Crippen LogP contribution in [0.15, 0.2) is 53.6 Å². The van der Waals surface area contributed by atoms with Crippen molar-refractivity contribution in [3.63, 3.8) is 0 Å². The van der Waals surface area contributed by atoms with E-state index in [-0.39, 0.29) is 4.90 Å². The van der Waals surface area contributed by atoms with Crippen LogP contribution in [0.5, 0.6) is 11.5 Å². The number of hydrogen-bond acceptors (Lipinski definition) is 4. The maximum atomic E-state index is 12.5. The fraction of sp³-hybridized carbons (Fsp3) is 0.222. The van der Waals surface area contributed by atoms with Crippen LogP contribution < -0.4 is 14.2 Å². The molecule has 1 aromatic heterocycles. The first-order chi connectivity index (χ1) is 12.1. The number of benzene rings is 2. The summed E-state index contributed by atoms with van der Waals surface area (Å²) in [5.41, 5.74) is 2.13. The van der Waals surface area contributed by atoms with Crippen LogP contribution in [-0.2, 0) is 16.4 Å². The van der Waals surface area contributed by atoms with E-state index in [1.54, 1.807) is 6.07 Å². The molecule has 0 amide bonds. The topological polar surface area (TPSA) is 80.4 Å². The lowest BCUT2D eigenvalue weighted by Gasteiger charge is -2.18. The van der Waals surface area contributed by atoms with Crippen LogP contribution in [0.3, 0.4) is 0 Å². The number of hydrogen-bond donors (Lipinski definition) is 2. The first kappa shape index (κ1) is 16.0. The highest BCUT2D eigenvalue weighted by molar-refractivity contribution is 7.89. The van der Waals surface area contributed by atoms with Gasteiger partial charge < -0.3 is 14.5 Å². The van der Waals surface area contributed by atoms with Gasteiger partial charge in [-0.15, -0.1) is 0 Å². The molecule has 0 aliphatic carbocycles. The zero-order valence-corrected chi connectivity index (χ0v) is 14.3. The second-order valence-electron chi connectivity index (χ2n) is 5.81. The molecule has 2 N–H and O–H groups in total. The van der Waals surface area contributed by atoms with Crippen molar-refractivity contribution in [2.45, 2.75) is 11.3 Å². The van der Waals surface area contributed by atoms with Crippen molar-refractivity contribution < 1.29 is 17.9 Å². The highest BCUT2D eigenvalue weighted by atomic mass is 32.2. The lowest BCUT2D eigenvalue weighted by molar-refractivity contribution is 0.171. The normalized spacial score (nSPS) is 13.9. The number of aromatic amines is 1. The van der Waals surface area contributed by atoms with Gasteiger partial charge in [0.25, 0.3) is 0 Å². The zero-order chi connectivity index (χ0) is 17.3. The quantitative estimate of drug-likeness (QED) is 0.734. The van der Waals surface area contributed by atoms with Crippen molar-refractivity contribution >= 4 is 20.9 Å². The van der Waals surface area contributed by atoms with E-state index in [4.69, 9.17) is 9.47 Å². The third kappa shape index (κ3) is 3.20. The van der Waals surface area contributed by atoms with Gasteiger partial charge in [0.2, 0.25) is 10.0 Å². The zero-order valence-electron chi connectivity index (χ0n) is 13.5. The monoisotopic (exact) mass is 358 g/mol. The number of fused-ring (bicyclic) bond motifs is 2. The molecule has 130 valence electrons. The summed E-state index contributed by atoms with van der Waals surface area (Å²) < 4.78 is 38.5. The fourth-order valence-electron chi connectivity index (χ4n) is 2.93. The number of aromatic nitrogens is 1. The molecule has 0 spiro atoms. The number of ether oxygens (including phenoxy) is 2. The van der Waals surface area contributed by atoms with E-state index in [1.165, 1.54) is 12.1 Å². The van der Waals surface area contributed by atoms with Gasteiger partial charge >= 0.3 is 0 Å². The van der Waals surface area contributed by atoms with Crippen LogP contribution in [0.2, 0.25) is 0 Å². The van der Waals surface area contributed by atoms with E-state index in [0.717, 1.165) is 16.5 Å². The molecule has 0 saturated carbocycles. The Morgan fingerprint density at radius 2 is 1.84 bits per heavy atom. The molecule has 0 radical (unpaired) electrons. The number of rotatable bonds is 5. The van der Waals surface area contributed by atoms with Crippen molar-refractivity contribution in [2.75, 3.05) is 19.8 Å². The van der Waals surface area contributed by atoms with Gasteiger partial charge in [-0.2, -0.15) is 0 Å². The predicted octanol–water partition coefficient (Wildman–Crippen LogP) is 2.46. The molecule has 6 nitrogen and oxygen atoms in total. The van der Waals surface area contributed by atoms with Gasteiger partial charge in [0.05, 0.1) is 4.90 Å². The number of H-pyrrole nitrogens is 1. The molecule has 25 heavy (non-hydrogen) atoms. The summed E-state index contributed by atoms with van der Waals surface area (Å²) >= 11 is 0. The highest BCUT2D eigenvalue weighted by Gasteiger charge is 2.19. The van der Waals surface area contributed by atoms with Gasteiger partial charge in [-0.1, -0.05) is 18.2 Å². The van der Waals surface area contributed by atoms with E-state index in [2.05, 4.69) is 9.71 Å². The molecule has 1 aliphatic rings. The maximum Gasteiger partial charge on any atom is 0.240 e. The first-order valence-corrected chi connectivity index (χ1v) is 9.56. The molecule has 2 aromatic carbocycles. The Kier molecular flexibility index (Phi) is 4.10. The van der Waals surface area contributed by atoms with E-state index >= 15 is 0 Å². The molecular formula is C18H18N2O4S. The fourth-order valence-corrected chi connectivity index (χ4v) is 3.98. The second-order valence-corrected chi connectivity index (χ2v) is 7.58. The summed E-state index contributed by atoms with van der Waals surface area (Å²) in [6, 6.07) is 12.6. The Balaban J connectivity index is 1.46. The van der Waals surface area contributed by atoms with Crippen molar-refractivity contribution in [3.05, 3.63) is 54.2 Å². The van der Waals surface area contributed by atoms with Crippen molar-refractivity contribution in [1.82, 2.24) is 9.71 Å². The Morgan fingerprint density at radius 3 is 2.72 bits per heavy atom. The summed E-state index contributed by atoms with van der Waals surface area (Å²) in [5, 5.41) is 1.11. The van der Waals surface area contributed by atoms with Gasteiger partial charge in [-0.3, -0.25) is 0 Å². The summed E-state index contributed by atoms with van der Waals surface area (Å²) in [7, 11) is -3.60. The van der Waals surface area contributed by atoms with Crippen LogP contribution in [0.25, 0.3) is 10.9 Å². The van der Waals surface area contributed by atoms with Gasteiger partial charge in [0, 0.05) is 29.7 Å². The summed E-state index contributed by atoms with van der Waals surface area (Å²) in [6.07, 6.45) is 2.52. The Bertz CT molecular complexity index is 1010. The molecule has 3 aromatic rings. The summed E-state index contributed by atoms with van der Waals surface area (Å²) in [6.45, 7) is 1.21. The van der Waals surface area contributed by atoms with Gasteiger partial charge in [0.1, 0.15) is 13.2 Å². The predicted molar refractivity (Wildman–Crippen MR) is 94.6 cm³/mol. The number of para-hydroxylation sites is 1. The van der Waals surface area contributed by atoms with Crippen LogP contribution in [0.4, 0.5) is 0 Å². The van der Waals surface area contributed by atoms with E-state index < -0.39 is 10.0 Å². The number of nitrogens with one attached hydrogen (secondary N) is 2. The molecule has 0 unspecified atom stereocenters. The first-order valence-electron chi connectivity index (χ1n) is 8.08. The molecule has 0 saturated heterocycles. The molecule has 0 bridgehead atoms. The van der Waals surface area contributed by atoms with Crippen molar-refractivity contribution in [1.29, 1.82) is 0 Å². The Labute approximate surface area is 145 Å². The highest BCUT2D eigenvalue weighted by Crippen LogP contribution is 2.32. The molecule has 1 aliphatic heterocycles. The average Bonchev–Trinajstić information content (AvgIpc) is 3.04. The van der Waals surface area contributed by atoms with E-state index in [9.17, 15) is 8.42 Å².